The molecule has 0 aliphatic carbocycles. The molecule has 0 fully saturated rings. The third kappa shape index (κ3) is 5.32. The van der Waals surface area contributed by atoms with Crippen LogP contribution in [0.15, 0.2) is 66.0 Å². The van der Waals surface area contributed by atoms with Gasteiger partial charge in [0.2, 0.25) is 0 Å². The average molecular weight is 382 g/mol. The van der Waals surface area contributed by atoms with Crippen molar-refractivity contribution >= 4 is 17.4 Å². The van der Waals surface area contributed by atoms with E-state index in [-0.39, 0.29) is 12.6 Å². The third-order valence-electron chi connectivity index (χ3n) is 4.17. The Bertz CT molecular complexity index is 846. The first kappa shape index (κ1) is 18.9. The lowest BCUT2D eigenvalue weighted by molar-refractivity contribution is 0.173. The molecule has 5 nitrogen and oxygen atoms in total. The molecule has 6 heteroatoms. The highest BCUT2D eigenvalue weighted by Gasteiger charge is 2.10. The molecule has 2 amide bonds. The number of benzene rings is 2. The van der Waals surface area contributed by atoms with Crippen LogP contribution in [-0.4, -0.2) is 24.8 Å². The van der Waals surface area contributed by atoms with Gasteiger partial charge < -0.3 is 20.5 Å². The van der Waals surface area contributed by atoms with Crippen molar-refractivity contribution in [2.75, 3.05) is 13.7 Å². The first-order valence-electron chi connectivity index (χ1n) is 8.62. The van der Waals surface area contributed by atoms with E-state index in [1.807, 2.05) is 60.0 Å². The van der Waals surface area contributed by atoms with Crippen LogP contribution in [0.3, 0.4) is 0 Å². The average Bonchev–Trinajstić information content (AvgIpc) is 3.26. The van der Waals surface area contributed by atoms with Gasteiger partial charge in [-0.2, -0.15) is 0 Å². The summed E-state index contributed by atoms with van der Waals surface area (Å²) in [5.41, 5.74) is 2.85. The van der Waals surface area contributed by atoms with Crippen LogP contribution < -0.4 is 15.4 Å². The first-order valence-corrected chi connectivity index (χ1v) is 9.50. The molecule has 0 bridgehead atoms. The van der Waals surface area contributed by atoms with Crippen molar-refractivity contribution in [1.82, 2.24) is 10.6 Å². The van der Waals surface area contributed by atoms with Crippen LogP contribution in [0.1, 0.15) is 17.2 Å². The number of methoxy groups -OCH3 is 1. The van der Waals surface area contributed by atoms with Crippen LogP contribution in [-0.2, 0) is 6.54 Å². The van der Waals surface area contributed by atoms with Gasteiger partial charge in [-0.25, -0.2) is 4.79 Å². The van der Waals surface area contributed by atoms with Gasteiger partial charge in [-0.3, -0.25) is 0 Å². The lowest BCUT2D eigenvalue weighted by Crippen LogP contribution is -2.37. The van der Waals surface area contributed by atoms with Crippen molar-refractivity contribution in [3.8, 4) is 16.2 Å². The number of carbonyl (C=O) groups excluding carboxylic acids is 1. The number of ether oxygens (including phenoxy) is 1. The summed E-state index contributed by atoms with van der Waals surface area (Å²) in [5, 5.41) is 17.8. The maximum atomic E-state index is 11.9. The molecule has 27 heavy (non-hydrogen) atoms. The molecule has 0 radical (unpaired) electrons. The Balaban J connectivity index is 1.45. The summed E-state index contributed by atoms with van der Waals surface area (Å²) in [7, 11) is 1.61. The second kappa shape index (κ2) is 9.21. The van der Waals surface area contributed by atoms with Crippen LogP contribution in [0.25, 0.3) is 10.4 Å². The summed E-state index contributed by atoms with van der Waals surface area (Å²) in [5.74, 6) is 0.774. The summed E-state index contributed by atoms with van der Waals surface area (Å²) in [4.78, 5) is 13.1. The molecule has 0 spiro atoms. The van der Waals surface area contributed by atoms with E-state index in [0.717, 1.165) is 22.4 Å². The van der Waals surface area contributed by atoms with Gasteiger partial charge in [0.25, 0.3) is 0 Å². The molecule has 2 aromatic carbocycles. The van der Waals surface area contributed by atoms with Gasteiger partial charge in [-0.05, 0) is 40.3 Å². The number of carbonyl (C=O) groups is 1. The minimum absolute atomic E-state index is 0.146. The SMILES string of the molecule is COc1ccc(CNC(=O)NCC(O)c2ccc(-c3cccs3)cc2)cc1. The van der Waals surface area contributed by atoms with Gasteiger partial charge in [-0.1, -0.05) is 42.5 Å². The highest BCUT2D eigenvalue weighted by Crippen LogP contribution is 2.25. The van der Waals surface area contributed by atoms with E-state index in [2.05, 4.69) is 16.7 Å². The monoisotopic (exact) mass is 382 g/mol. The molecule has 1 atom stereocenters. The Morgan fingerprint density at radius 2 is 1.81 bits per heavy atom. The third-order valence-corrected chi connectivity index (χ3v) is 5.09. The fraction of sp³-hybridized carbons (Fsp3) is 0.190. The van der Waals surface area contributed by atoms with E-state index in [9.17, 15) is 9.90 Å². The topological polar surface area (TPSA) is 70.6 Å². The summed E-state index contributed by atoms with van der Waals surface area (Å²) in [6, 6.07) is 19.0. The maximum absolute atomic E-state index is 11.9. The Morgan fingerprint density at radius 3 is 2.44 bits per heavy atom. The number of amides is 2. The Kier molecular flexibility index (Phi) is 6.46. The van der Waals surface area contributed by atoms with E-state index in [1.165, 1.54) is 4.88 Å². The van der Waals surface area contributed by atoms with Gasteiger partial charge in [0.05, 0.1) is 13.2 Å². The van der Waals surface area contributed by atoms with E-state index < -0.39 is 6.10 Å². The Labute approximate surface area is 162 Å². The molecule has 0 aliphatic heterocycles. The zero-order chi connectivity index (χ0) is 19.1. The molecule has 0 saturated carbocycles. The quantitative estimate of drug-likeness (QED) is 0.579. The lowest BCUT2D eigenvalue weighted by atomic mass is 10.1. The van der Waals surface area contributed by atoms with Crippen molar-refractivity contribution in [3.63, 3.8) is 0 Å². The molecule has 1 aromatic heterocycles. The van der Waals surface area contributed by atoms with E-state index in [0.29, 0.717) is 6.54 Å². The number of aliphatic hydroxyl groups excluding tert-OH is 1. The van der Waals surface area contributed by atoms with Crippen LogP contribution in [0.4, 0.5) is 4.79 Å². The largest absolute Gasteiger partial charge is 0.497 e. The number of rotatable bonds is 7. The minimum Gasteiger partial charge on any atom is -0.497 e. The Hall–Kier alpha value is -2.83. The Morgan fingerprint density at radius 1 is 1.07 bits per heavy atom. The number of urea groups is 1. The smallest absolute Gasteiger partial charge is 0.315 e. The summed E-state index contributed by atoms with van der Waals surface area (Å²) in [6.07, 6.45) is -0.755. The summed E-state index contributed by atoms with van der Waals surface area (Å²) < 4.78 is 5.10. The minimum atomic E-state index is -0.755. The second-order valence-electron chi connectivity index (χ2n) is 6.03. The van der Waals surface area contributed by atoms with Gasteiger partial charge >= 0.3 is 6.03 Å². The molecule has 3 aromatic rings. The molecule has 0 aliphatic rings. The fourth-order valence-corrected chi connectivity index (χ4v) is 3.34. The highest BCUT2D eigenvalue weighted by molar-refractivity contribution is 7.13. The zero-order valence-electron chi connectivity index (χ0n) is 15.0. The molecule has 0 saturated heterocycles. The zero-order valence-corrected chi connectivity index (χ0v) is 15.8. The molecule has 3 rings (SSSR count). The van der Waals surface area contributed by atoms with Crippen LogP contribution in [0.5, 0.6) is 5.75 Å². The van der Waals surface area contributed by atoms with Gasteiger partial charge in [0.15, 0.2) is 0 Å². The molecule has 1 unspecified atom stereocenters. The lowest BCUT2D eigenvalue weighted by Gasteiger charge is -2.13. The van der Waals surface area contributed by atoms with Crippen molar-refractivity contribution in [2.24, 2.45) is 0 Å². The molecule has 1 heterocycles. The van der Waals surface area contributed by atoms with Crippen molar-refractivity contribution in [3.05, 3.63) is 77.2 Å². The van der Waals surface area contributed by atoms with Crippen LogP contribution in [0.2, 0.25) is 0 Å². The van der Waals surface area contributed by atoms with Gasteiger partial charge in [-0.15, -0.1) is 11.3 Å². The summed E-state index contributed by atoms with van der Waals surface area (Å²) >= 11 is 1.68. The number of hydrogen-bond donors (Lipinski definition) is 3. The van der Waals surface area contributed by atoms with Crippen molar-refractivity contribution in [1.29, 1.82) is 0 Å². The fourth-order valence-electron chi connectivity index (χ4n) is 2.61. The van der Waals surface area contributed by atoms with Crippen LogP contribution in [0, 0.1) is 0 Å². The normalized spacial score (nSPS) is 11.6. The van der Waals surface area contributed by atoms with Gasteiger partial charge in [0.1, 0.15) is 5.75 Å². The van der Waals surface area contributed by atoms with E-state index in [4.69, 9.17) is 4.74 Å². The molecule has 3 N–H and O–H groups in total. The molecule has 140 valence electrons. The maximum Gasteiger partial charge on any atom is 0.315 e. The number of thiophene rings is 1. The van der Waals surface area contributed by atoms with E-state index in [1.54, 1.807) is 18.4 Å². The second-order valence-corrected chi connectivity index (χ2v) is 6.97. The predicted octanol–water partition coefficient (Wildman–Crippen LogP) is 3.96. The first-order chi connectivity index (χ1) is 13.2. The molecular formula is C21H22N2O3S. The number of nitrogens with one attached hydrogen (secondary N) is 2. The van der Waals surface area contributed by atoms with Crippen molar-refractivity contribution in [2.45, 2.75) is 12.6 Å². The predicted molar refractivity (Wildman–Crippen MR) is 108 cm³/mol. The van der Waals surface area contributed by atoms with Gasteiger partial charge in [0, 0.05) is 18.0 Å². The summed E-state index contributed by atoms with van der Waals surface area (Å²) in [6.45, 7) is 0.550. The highest BCUT2D eigenvalue weighted by atomic mass is 32.1. The van der Waals surface area contributed by atoms with Crippen LogP contribution >= 0.6 is 11.3 Å². The standard InChI is InChI=1S/C21H22N2O3S/c1-26-18-10-4-15(5-11-18)13-22-21(25)23-14-19(24)16-6-8-17(9-7-16)20-3-2-12-27-20/h2-12,19,24H,13-14H2,1H3,(H2,22,23,25). The van der Waals surface area contributed by atoms with Crippen molar-refractivity contribution < 1.29 is 14.6 Å². The molecular weight excluding hydrogens is 360 g/mol. The number of aliphatic hydroxyl groups is 1. The number of hydrogen-bond acceptors (Lipinski definition) is 4. The van der Waals surface area contributed by atoms with E-state index >= 15 is 0 Å².